The number of rotatable bonds is 3. The molecule has 1 saturated carbocycles. The van der Waals surface area contributed by atoms with E-state index in [1.165, 1.54) is 6.07 Å². The number of hydrogen-bond donors (Lipinski definition) is 0. The monoisotopic (exact) mass is 314 g/mol. The minimum absolute atomic E-state index is 0. The molecule has 4 nitrogen and oxygen atoms in total. The predicted molar refractivity (Wildman–Crippen MR) is 69.7 cm³/mol. The zero-order valence-electron chi connectivity index (χ0n) is 11.4. The van der Waals surface area contributed by atoms with Crippen molar-refractivity contribution >= 4 is 11.6 Å². The van der Waals surface area contributed by atoms with Gasteiger partial charge in [-0.1, -0.05) is 29.8 Å². The Kier molecular flexibility index (Phi) is 5.45. The Morgan fingerprint density at radius 3 is 2.70 bits per heavy atom. The molecular weight excluding hydrogens is 303 g/mol. The summed E-state index contributed by atoms with van der Waals surface area (Å²) in [7, 11) is 0. The van der Waals surface area contributed by atoms with Gasteiger partial charge in [0, 0.05) is 0 Å². The van der Waals surface area contributed by atoms with Crippen LogP contribution in [0.25, 0.3) is 0 Å². The molecule has 1 heterocycles. The fourth-order valence-corrected chi connectivity index (χ4v) is 2.18. The maximum absolute atomic E-state index is 11.7. The standard InChI is InChI=1S/C14H13ClN2O2.K/c1-8-3-2-4-10(9-5-6-9)13(8)19-14-11(18)7-12(15)16-17-14;/h2-4,7,9H,5-6H2,1H3,(H,16,18);/q;+1/p-1. The fraction of sp³-hybridized carbons (Fsp3) is 0.286. The third kappa shape index (κ3) is 3.53. The van der Waals surface area contributed by atoms with E-state index in [1.54, 1.807) is 0 Å². The minimum atomic E-state index is -0.356. The van der Waals surface area contributed by atoms with Gasteiger partial charge in [0.15, 0.2) is 5.15 Å². The Morgan fingerprint density at radius 1 is 1.30 bits per heavy atom. The van der Waals surface area contributed by atoms with Gasteiger partial charge in [-0.15, -0.1) is 10.2 Å². The predicted octanol–water partition coefficient (Wildman–Crippen LogP) is 0.186. The number of ether oxygens (including phenoxy) is 1. The first-order valence-corrected chi connectivity index (χ1v) is 6.50. The summed E-state index contributed by atoms with van der Waals surface area (Å²) >= 11 is 5.61. The van der Waals surface area contributed by atoms with Crippen LogP contribution in [0.4, 0.5) is 0 Å². The van der Waals surface area contributed by atoms with Crippen molar-refractivity contribution in [2.45, 2.75) is 25.7 Å². The van der Waals surface area contributed by atoms with E-state index in [4.69, 9.17) is 16.3 Å². The van der Waals surface area contributed by atoms with Crippen LogP contribution in [0.3, 0.4) is 0 Å². The first-order valence-electron chi connectivity index (χ1n) is 6.13. The van der Waals surface area contributed by atoms with Gasteiger partial charge in [0.1, 0.15) is 5.75 Å². The number of halogens is 1. The summed E-state index contributed by atoms with van der Waals surface area (Å²) in [6.45, 7) is 1.95. The normalized spacial score (nSPS) is 13.7. The van der Waals surface area contributed by atoms with Crippen molar-refractivity contribution in [3.05, 3.63) is 40.5 Å². The smallest absolute Gasteiger partial charge is 0.869 e. The molecule has 0 saturated heterocycles. The van der Waals surface area contributed by atoms with Crippen LogP contribution in [0.5, 0.6) is 17.4 Å². The van der Waals surface area contributed by atoms with Gasteiger partial charge >= 0.3 is 51.4 Å². The molecule has 20 heavy (non-hydrogen) atoms. The molecule has 6 heteroatoms. The van der Waals surface area contributed by atoms with Crippen LogP contribution in [-0.2, 0) is 0 Å². The van der Waals surface area contributed by atoms with Crippen LogP contribution in [0.1, 0.15) is 29.9 Å². The molecule has 0 amide bonds. The summed E-state index contributed by atoms with van der Waals surface area (Å²) in [5.41, 5.74) is 2.12. The SMILES string of the molecule is Cc1cccc(C2CC2)c1Oc1nnc(Cl)cc1[O-].[K+]. The van der Waals surface area contributed by atoms with Gasteiger partial charge in [-0.25, -0.2) is 0 Å². The summed E-state index contributed by atoms with van der Waals surface area (Å²) in [4.78, 5) is 0. The molecule has 0 unspecified atom stereocenters. The number of aromatic nitrogens is 2. The van der Waals surface area contributed by atoms with E-state index in [0.717, 1.165) is 29.7 Å². The quantitative estimate of drug-likeness (QED) is 0.759. The summed E-state index contributed by atoms with van der Waals surface area (Å²) < 4.78 is 5.68. The molecule has 3 rings (SSSR count). The Bertz CT molecular complexity index is 633. The second-order valence-corrected chi connectivity index (χ2v) is 5.09. The Morgan fingerprint density at radius 2 is 2.05 bits per heavy atom. The third-order valence-electron chi connectivity index (χ3n) is 3.16. The van der Waals surface area contributed by atoms with Crippen molar-refractivity contribution in [1.29, 1.82) is 0 Å². The van der Waals surface area contributed by atoms with Crippen molar-refractivity contribution in [3.63, 3.8) is 0 Å². The van der Waals surface area contributed by atoms with Crippen molar-refractivity contribution in [1.82, 2.24) is 10.2 Å². The molecule has 1 aromatic heterocycles. The number of aryl methyl sites for hydroxylation is 1. The molecule has 0 N–H and O–H groups in total. The van der Waals surface area contributed by atoms with Crippen molar-refractivity contribution in [3.8, 4) is 17.4 Å². The first-order chi connectivity index (χ1) is 9.15. The zero-order valence-corrected chi connectivity index (χ0v) is 15.3. The van der Waals surface area contributed by atoms with Gasteiger partial charge in [0.25, 0.3) is 0 Å². The first kappa shape index (κ1) is 16.2. The van der Waals surface area contributed by atoms with E-state index >= 15 is 0 Å². The molecule has 1 aromatic carbocycles. The van der Waals surface area contributed by atoms with Crippen molar-refractivity contribution < 1.29 is 61.2 Å². The van der Waals surface area contributed by atoms with Crippen molar-refractivity contribution in [2.75, 3.05) is 0 Å². The summed E-state index contributed by atoms with van der Waals surface area (Å²) in [5.74, 6) is 0.870. The van der Waals surface area contributed by atoms with Gasteiger partial charge in [-0.2, -0.15) is 0 Å². The largest absolute Gasteiger partial charge is 1.00 e. The topological polar surface area (TPSA) is 58.1 Å². The van der Waals surface area contributed by atoms with Crippen LogP contribution in [-0.4, -0.2) is 10.2 Å². The molecule has 1 aliphatic carbocycles. The number of benzene rings is 1. The van der Waals surface area contributed by atoms with Crippen LogP contribution < -0.4 is 61.2 Å². The van der Waals surface area contributed by atoms with Crippen molar-refractivity contribution in [2.24, 2.45) is 0 Å². The Labute approximate surface area is 164 Å². The molecule has 1 fully saturated rings. The summed E-state index contributed by atoms with van der Waals surface area (Å²) in [6.07, 6.45) is 2.33. The fourth-order valence-electron chi connectivity index (χ4n) is 2.04. The zero-order chi connectivity index (χ0) is 13.4. The second kappa shape index (κ2) is 6.72. The third-order valence-corrected chi connectivity index (χ3v) is 3.34. The molecule has 98 valence electrons. The molecule has 0 radical (unpaired) electrons. The van der Waals surface area contributed by atoms with E-state index in [1.807, 2.05) is 25.1 Å². The van der Waals surface area contributed by atoms with E-state index in [-0.39, 0.29) is 68.2 Å². The Balaban J connectivity index is 0.00000147. The van der Waals surface area contributed by atoms with E-state index in [0.29, 0.717) is 5.92 Å². The van der Waals surface area contributed by atoms with Crippen LogP contribution in [0.15, 0.2) is 24.3 Å². The van der Waals surface area contributed by atoms with Crippen LogP contribution in [0.2, 0.25) is 5.15 Å². The number of para-hydroxylation sites is 1. The van der Waals surface area contributed by atoms with Crippen LogP contribution in [0, 0.1) is 6.92 Å². The van der Waals surface area contributed by atoms with E-state index < -0.39 is 0 Å². The van der Waals surface area contributed by atoms with E-state index in [2.05, 4.69) is 10.2 Å². The maximum atomic E-state index is 11.7. The van der Waals surface area contributed by atoms with Gasteiger partial charge < -0.3 is 9.84 Å². The maximum Gasteiger partial charge on any atom is 1.00 e. The molecule has 0 atom stereocenters. The average Bonchev–Trinajstić information content (AvgIpc) is 3.19. The molecule has 1 aliphatic rings. The average molecular weight is 315 g/mol. The molecular formula is C14H12ClKN2O2. The van der Waals surface area contributed by atoms with Crippen LogP contribution >= 0.6 is 11.6 Å². The van der Waals surface area contributed by atoms with Gasteiger partial charge in [0.05, 0.1) is 0 Å². The number of nitrogens with zero attached hydrogens (tertiary/aromatic N) is 2. The van der Waals surface area contributed by atoms with Gasteiger partial charge in [0.2, 0.25) is 5.88 Å². The van der Waals surface area contributed by atoms with E-state index in [9.17, 15) is 5.11 Å². The molecule has 2 aromatic rings. The van der Waals surface area contributed by atoms with Gasteiger partial charge in [-0.3, -0.25) is 0 Å². The Hall–Kier alpha value is -0.174. The second-order valence-electron chi connectivity index (χ2n) is 4.71. The molecule has 0 aliphatic heterocycles. The molecule has 0 bridgehead atoms. The number of hydrogen-bond acceptors (Lipinski definition) is 4. The van der Waals surface area contributed by atoms with Gasteiger partial charge in [-0.05, 0) is 48.6 Å². The summed E-state index contributed by atoms with van der Waals surface area (Å²) in [6, 6.07) is 7.20. The summed E-state index contributed by atoms with van der Waals surface area (Å²) in [5, 5.41) is 19.2. The minimum Gasteiger partial charge on any atom is -0.869 e. The molecule has 0 spiro atoms.